The third-order valence-electron chi connectivity index (χ3n) is 2.40. The minimum atomic E-state index is 0.319. The van der Waals surface area contributed by atoms with Crippen LogP contribution in [0.3, 0.4) is 0 Å². The van der Waals surface area contributed by atoms with Crippen molar-refractivity contribution in [2.24, 2.45) is 5.92 Å². The summed E-state index contributed by atoms with van der Waals surface area (Å²) in [4.78, 5) is 6.18. The maximum Gasteiger partial charge on any atom is 0.137 e. The number of aliphatic hydroxyl groups excluding tert-OH is 1. The van der Waals surface area contributed by atoms with E-state index in [1.165, 1.54) is 0 Å². The normalized spacial score (nSPS) is 18.8. The second kappa shape index (κ2) is 3.85. The molecule has 1 aliphatic rings. The number of aliphatic hydroxyl groups is 1. The van der Waals surface area contributed by atoms with Crippen molar-refractivity contribution in [2.75, 3.05) is 26.2 Å². The molecule has 1 aliphatic heterocycles. The van der Waals surface area contributed by atoms with Gasteiger partial charge in [-0.2, -0.15) is 5.10 Å². The zero-order valence-electron chi connectivity index (χ0n) is 7.50. The molecule has 0 amide bonds. The molecule has 1 saturated heterocycles. The van der Waals surface area contributed by atoms with Gasteiger partial charge in [-0.15, -0.1) is 0 Å². The van der Waals surface area contributed by atoms with Gasteiger partial charge in [-0.1, -0.05) is 0 Å². The second-order valence-electron chi connectivity index (χ2n) is 3.47. The van der Waals surface area contributed by atoms with E-state index >= 15 is 0 Å². The van der Waals surface area contributed by atoms with Gasteiger partial charge in [0.15, 0.2) is 0 Å². The summed E-state index contributed by atoms with van der Waals surface area (Å²) in [5.41, 5.74) is 0. The van der Waals surface area contributed by atoms with E-state index in [9.17, 15) is 0 Å². The zero-order valence-corrected chi connectivity index (χ0v) is 7.50. The summed E-state index contributed by atoms with van der Waals surface area (Å²) in [5, 5.41) is 12.8. The molecule has 0 spiro atoms. The van der Waals surface area contributed by atoms with Gasteiger partial charge in [0.2, 0.25) is 0 Å². The first kappa shape index (κ1) is 8.65. The Bertz CT molecular complexity index is 243. The van der Waals surface area contributed by atoms with Crippen LogP contribution in [0.25, 0.3) is 0 Å². The van der Waals surface area contributed by atoms with Crippen LogP contribution in [-0.2, 0) is 6.54 Å². The first-order valence-corrected chi connectivity index (χ1v) is 4.54. The highest BCUT2D eigenvalue weighted by Crippen LogP contribution is 2.13. The van der Waals surface area contributed by atoms with Crippen LogP contribution in [0, 0.1) is 5.92 Å². The Kier molecular flexibility index (Phi) is 2.56. The maximum absolute atomic E-state index is 8.80. The van der Waals surface area contributed by atoms with Gasteiger partial charge in [0, 0.05) is 32.2 Å². The molecule has 72 valence electrons. The molecule has 5 heteroatoms. The summed E-state index contributed by atoms with van der Waals surface area (Å²) < 4.78 is 1.83. The predicted molar refractivity (Wildman–Crippen MR) is 47.0 cm³/mol. The molecule has 1 aromatic heterocycles. The third kappa shape index (κ3) is 2.05. The Morgan fingerprint density at radius 2 is 2.23 bits per heavy atom. The fraction of sp³-hybridized carbons (Fsp3) is 0.750. The van der Waals surface area contributed by atoms with Crippen LogP contribution < -0.4 is 0 Å². The molecule has 0 atom stereocenters. The van der Waals surface area contributed by atoms with Gasteiger partial charge in [-0.25, -0.2) is 4.98 Å². The third-order valence-corrected chi connectivity index (χ3v) is 2.40. The monoisotopic (exact) mass is 182 g/mol. The summed E-state index contributed by atoms with van der Waals surface area (Å²) in [7, 11) is 0. The van der Waals surface area contributed by atoms with Crippen molar-refractivity contribution in [2.45, 2.75) is 6.54 Å². The van der Waals surface area contributed by atoms with Crippen LogP contribution >= 0.6 is 0 Å². The topological polar surface area (TPSA) is 54.2 Å². The molecule has 1 aromatic rings. The molecule has 0 aliphatic carbocycles. The summed E-state index contributed by atoms with van der Waals surface area (Å²) >= 11 is 0. The number of hydrogen-bond donors (Lipinski definition) is 1. The van der Waals surface area contributed by atoms with Gasteiger partial charge in [0.25, 0.3) is 0 Å². The Morgan fingerprint density at radius 3 is 2.85 bits per heavy atom. The molecule has 1 fully saturated rings. The van der Waals surface area contributed by atoms with E-state index in [1.54, 1.807) is 12.7 Å². The summed E-state index contributed by atoms with van der Waals surface area (Å²) in [6.07, 6.45) is 3.27. The van der Waals surface area contributed by atoms with E-state index in [0.717, 1.165) is 26.2 Å². The summed E-state index contributed by atoms with van der Waals surface area (Å²) in [5.74, 6) is 0.496. The first-order chi connectivity index (χ1) is 6.38. The van der Waals surface area contributed by atoms with Crippen LogP contribution in [-0.4, -0.2) is 51.0 Å². The molecule has 0 unspecified atom stereocenters. The van der Waals surface area contributed by atoms with Gasteiger partial charge < -0.3 is 10.0 Å². The number of aromatic nitrogens is 3. The average molecular weight is 182 g/mol. The van der Waals surface area contributed by atoms with Crippen LogP contribution in [0.4, 0.5) is 0 Å². The van der Waals surface area contributed by atoms with E-state index in [-0.39, 0.29) is 0 Å². The zero-order chi connectivity index (χ0) is 9.10. The predicted octanol–water partition coefficient (Wildman–Crippen LogP) is -0.798. The fourth-order valence-corrected chi connectivity index (χ4v) is 1.57. The van der Waals surface area contributed by atoms with Crippen LogP contribution in [0.2, 0.25) is 0 Å². The largest absolute Gasteiger partial charge is 0.396 e. The van der Waals surface area contributed by atoms with Gasteiger partial charge in [-0.3, -0.25) is 4.68 Å². The minimum absolute atomic E-state index is 0.319. The van der Waals surface area contributed by atoms with E-state index in [0.29, 0.717) is 12.5 Å². The van der Waals surface area contributed by atoms with Crippen molar-refractivity contribution in [3.05, 3.63) is 12.7 Å². The lowest BCUT2D eigenvalue weighted by atomic mass is 10.0. The van der Waals surface area contributed by atoms with Crippen LogP contribution in [0.1, 0.15) is 0 Å². The molecule has 0 bridgehead atoms. The Balaban J connectivity index is 1.65. The molecular formula is C8H14N4O. The quantitative estimate of drug-likeness (QED) is 0.662. The van der Waals surface area contributed by atoms with Crippen LogP contribution in [0.5, 0.6) is 0 Å². The highest BCUT2D eigenvalue weighted by Gasteiger charge is 2.24. The molecule has 0 saturated carbocycles. The number of hydrogen-bond acceptors (Lipinski definition) is 4. The Morgan fingerprint density at radius 1 is 1.38 bits per heavy atom. The number of rotatable bonds is 4. The van der Waals surface area contributed by atoms with Crippen molar-refractivity contribution in [1.82, 2.24) is 19.7 Å². The van der Waals surface area contributed by atoms with E-state index in [4.69, 9.17) is 5.11 Å². The molecule has 0 radical (unpaired) electrons. The van der Waals surface area contributed by atoms with Gasteiger partial charge in [0.1, 0.15) is 12.7 Å². The van der Waals surface area contributed by atoms with Crippen molar-refractivity contribution in [1.29, 1.82) is 0 Å². The van der Waals surface area contributed by atoms with Crippen molar-refractivity contribution in [3.63, 3.8) is 0 Å². The van der Waals surface area contributed by atoms with Crippen molar-refractivity contribution >= 4 is 0 Å². The lowest BCUT2D eigenvalue weighted by Crippen LogP contribution is -2.49. The van der Waals surface area contributed by atoms with Gasteiger partial charge >= 0.3 is 0 Å². The van der Waals surface area contributed by atoms with Gasteiger partial charge in [-0.05, 0) is 0 Å². The number of nitrogens with zero attached hydrogens (tertiary/aromatic N) is 4. The second-order valence-corrected chi connectivity index (χ2v) is 3.47. The molecule has 13 heavy (non-hydrogen) atoms. The molecular weight excluding hydrogens is 168 g/mol. The fourth-order valence-electron chi connectivity index (χ4n) is 1.57. The highest BCUT2D eigenvalue weighted by atomic mass is 16.3. The molecule has 5 nitrogen and oxygen atoms in total. The summed E-state index contributed by atoms with van der Waals surface area (Å²) in [6.45, 7) is 4.24. The van der Waals surface area contributed by atoms with E-state index in [1.807, 2.05) is 4.68 Å². The van der Waals surface area contributed by atoms with E-state index in [2.05, 4.69) is 15.0 Å². The van der Waals surface area contributed by atoms with E-state index < -0.39 is 0 Å². The lowest BCUT2D eigenvalue weighted by molar-refractivity contribution is 0.0507. The molecule has 1 N–H and O–H groups in total. The lowest BCUT2D eigenvalue weighted by Gasteiger charge is -2.38. The highest BCUT2D eigenvalue weighted by molar-refractivity contribution is 4.78. The van der Waals surface area contributed by atoms with Crippen LogP contribution in [0.15, 0.2) is 12.7 Å². The summed E-state index contributed by atoms with van der Waals surface area (Å²) in [6, 6.07) is 0. The Hall–Kier alpha value is -0.940. The number of likely N-dealkylation sites (tertiary alicyclic amines) is 1. The SMILES string of the molecule is OCC1CN(CCn2cncn2)C1. The molecule has 0 aromatic carbocycles. The average Bonchev–Trinajstić information content (AvgIpc) is 2.54. The molecule has 2 heterocycles. The standard InChI is InChI=1S/C8H14N4O/c13-5-8-3-11(4-8)1-2-12-7-9-6-10-12/h6-8,13H,1-5H2. The smallest absolute Gasteiger partial charge is 0.137 e. The maximum atomic E-state index is 8.80. The Labute approximate surface area is 77.0 Å². The van der Waals surface area contributed by atoms with Gasteiger partial charge in [0.05, 0.1) is 6.54 Å². The molecule has 2 rings (SSSR count). The van der Waals surface area contributed by atoms with Crippen molar-refractivity contribution in [3.8, 4) is 0 Å². The first-order valence-electron chi connectivity index (χ1n) is 4.54. The minimum Gasteiger partial charge on any atom is -0.396 e. The van der Waals surface area contributed by atoms with Crippen molar-refractivity contribution < 1.29 is 5.11 Å².